The molecule has 1 fully saturated rings. The maximum absolute atomic E-state index is 12.8. The van der Waals surface area contributed by atoms with Crippen molar-refractivity contribution < 1.29 is 17.4 Å². The summed E-state index contributed by atoms with van der Waals surface area (Å²) >= 11 is 0. The number of carbonyl (C=O) groups is 1. The fraction of sp³-hybridized carbons (Fsp3) is 0.278. The van der Waals surface area contributed by atoms with Gasteiger partial charge < -0.3 is 4.18 Å². The van der Waals surface area contributed by atoms with Gasteiger partial charge in [-0.05, 0) is 42.5 Å². The van der Waals surface area contributed by atoms with Crippen LogP contribution in [-0.2, 0) is 24.5 Å². The first-order chi connectivity index (χ1) is 12.4. The number of nitrogens with zero attached hydrogens (tertiary/aromatic N) is 3. The zero-order valence-electron chi connectivity index (χ0n) is 14.1. The van der Waals surface area contributed by atoms with Gasteiger partial charge in [-0.15, -0.1) is 0 Å². The Morgan fingerprint density at radius 1 is 1.23 bits per heavy atom. The van der Waals surface area contributed by atoms with E-state index in [0.29, 0.717) is 12.0 Å². The van der Waals surface area contributed by atoms with Crippen molar-refractivity contribution in [3.05, 3.63) is 76.2 Å². The minimum Gasteiger partial charge on any atom is -0.341 e. The van der Waals surface area contributed by atoms with Gasteiger partial charge in [0, 0.05) is 11.5 Å². The summed E-state index contributed by atoms with van der Waals surface area (Å²) in [6, 6.07) is 14.9. The molecule has 134 valence electrons. The third-order valence-electron chi connectivity index (χ3n) is 4.62. The zero-order chi connectivity index (χ0) is 18.8. The fourth-order valence-corrected chi connectivity index (χ4v) is 3.98. The number of azide groups is 1. The average molecular weight is 371 g/mol. The SMILES string of the molecule is Cc1ccc(S(=O)(=O)OC(=O)[C@@]2(c3ccccc3)C[C@H]2CN=[N+]=[N-])cc1. The lowest BCUT2D eigenvalue weighted by Gasteiger charge is -2.16. The van der Waals surface area contributed by atoms with Crippen LogP contribution >= 0.6 is 0 Å². The Bertz CT molecular complexity index is 967. The minimum atomic E-state index is -4.22. The molecule has 0 spiro atoms. The molecule has 0 aliphatic heterocycles. The smallest absolute Gasteiger partial charge is 0.341 e. The van der Waals surface area contributed by atoms with Crippen LogP contribution in [0.25, 0.3) is 10.4 Å². The maximum Gasteiger partial charge on any atom is 0.341 e. The van der Waals surface area contributed by atoms with E-state index in [1.807, 2.05) is 6.92 Å². The van der Waals surface area contributed by atoms with Crippen molar-refractivity contribution in [2.24, 2.45) is 11.0 Å². The van der Waals surface area contributed by atoms with Gasteiger partial charge in [-0.1, -0.05) is 53.1 Å². The molecular formula is C18H17N3O4S. The normalized spacial score (nSPS) is 21.5. The lowest BCUT2D eigenvalue weighted by molar-refractivity contribution is -0.137. The molecule has 0 amide bonds. The van der Waals surface area contributed by atoms with Gasteiger partial charge in [0.25, 0.3) is 0 Å². The third-order valence-corrected chi connectivity index (χ3v) is 5.84. The number of rotatable bonds is 6. The molecule has 0 N–H and O–H groups in total. The Hall–Kier alpha value is -2.83. The predicted octanol–water partition coefficient (Wildman–Crippen LogP) is 3.50. The third kappa shape index (κ3) is 3.29. The monoisotopic (exact) mass is 371 g/mol. The van der Waals surface area contributed by atoms with E-state index >= 15 is 0 Å². The molecule has 1 aliphatic rings. The van der Waals surface area contributed by atoms with Crippen molar-refractivity contribution in [2.45, 2.75) is 23.7 Å². The van der Waals surface area contributed by atoms with Gasteiger partial charge in [-0.3, -0.25) is 0 Å². The van der Waals surface area contributed by atoms with Gasteiger partial charge in [0.15, 0.2) is 0 Å². The highest BCUT2D eigenvalue weighted by Crippen LogP contribution is 2.55. The van der Waals surface area contributed by atoms with Crippen molar-refractivity contribution in [1.82, 2.24) is 0 Å². The summed E-state index contributed by atoms with van der Waals surface area (Å²) in [5, 5.41) is 3.52. The van der Waals surface area contributed by atoms with Crippen LogP contribution in [0.2, 0.25) is 0 Å². The van der Waals surface area contributed by atoms with Crippen molar-refractivity contribution in [2.75, 3.05) is 6.54 Å². The summed E-state index contributed by atoms with van der Waals surface area (Å²) in [6.45, 7) is 1.93. The van der Waals surface area contributed by atoms with Gasteiger partial charge >= 0.3 is 16.1 Å². The fourth-order valence-electron chi connectivity index (χ4n) is 3.07. The molecule has 3 rings (SSSR count). The first-order valence-corrected chi connectivity index (χ1v) is 9.43. The first kappa shape index (κ1) is 18.0. The Balaban J connectivity index is 1.90. The largest absolute Gasteiger partial charge is 0.341 e. The second kappa shape index (κ2) is 6.82. The number of hydrogen-bond acceptors (Lipinski definition) is 5. The molecule has 0 unspecified atom stereocenters. The van der Waals surface area contributed by atoms with Crippen molar-refractivity contribution in [3.8, 4) is 0 Å². The van der Waals surface area contributed by atoms with E-state index in [9.17, 15) is 13.2 Å². The van der Waals surface area contributed by atoms with Crippen LogP contribution in [0.3, 0.4) is 0 Å². The molecule has 2 aromatic rings. The number of benzene rings is 2. The Morgan fingerprint density at radius 2 is 1.88 bits per heavy atom. The summed E-state index contributed by atoms with van der Waals surface area (Å²) in [5.41, 5.74) is 8.97. The van der Waals surface area contributed by atoms with Crippen LogP contribution in [0, 0.1) is 12.8 Å². The van der Waals surface area contributed by atoms with Crippen LogP contribution in [0.1, 0.15) is 17.5 Å². The lowest BCUT2D eigenvalue weighted by Crippen LogP contribution is -2.28. The summed E-state index contributed by atoms with van der Waals surface area (Å²) in [6.07, 6.45) is 0.373. The van der Waals surface area contributed by atoms with Crippen molar-refractivity contribution >= 4 is 16.1 Å². The topological polar surface area (TPSA) is 109 Å². The van der Waals surface area contributed by atoms with Crippen LogP contribution in [0.5, 0.6) is 0 Å². The van der Waals surface area contributed by atoms with Gasteiger partial charge in [-0.2, -0.15) is 8.42 Å². The highest BCUT2D eigenvalue weighted by molar-refractivity contribution is 7.87. The van der Waals surface area contributed by atoms with Crippen LogP contribution in [0.4, 0.5) is 0 Å². The molecule has 7 nitrogen and oxygen atoms in total. The number of aryl methyl sites for hydroxylation is 1. The Morgan fingerprint density at radius 3 is 2.50 bits per heavy atom. The van der Waals surface area contributed by atoms with E-state index in [4.69, 9.17) is 9.71 Å². The molecule has 0 saturated heterocycles. The molecule has 1 aliphatic carbocycles. The standard InChI is InChI=1S/C18H17N3O4S/c1-13-7-9-16(10-8-13)26(23,24)25-17(22)18(11-15(18)12-20-21-19)14-5-3-2-4-6-14/h2-10,15H,11-12H2,1H3/t15-,18+/m0/s1. The molecule has 1 saturated carbocycles. The molecule has 2 atom stereocenters. The van der Waals surface area contributed by atoms with Crippen LogP contribution in [0.15, 0.2) is 64.6 Å². The van der Waals surface area contributed by atoms with Crippen LogP contribution in [-0.4, -0.2) is 20.9 Å². The molecule has 0 bridgehead atoms. The van der Waals surface area contributed by atoms with Crippen molar-refractivity contribution in [1.29, 1.82) is 0 Å². The first-order valence-electron chi connectivity index (χ1n) is 8.02. The molecule has 2 aromatic carbocycles. The minimum absolute atomic E-state index is 0.0769. The van der Waals surface area contributed by atoms with Gasteiger partial charge in [0.2, 0.25) is 0 Å². The highest BCUT2D eigenvalue weighted by Gasteiger charge is 2.62. The zero-order valence-corrected chi connectivity index (χ0v) is 14.9. The van der Waals surface area contributed by atoms with E-state index < -0.39 is 21.5 Å². The molecule has 0 heterocycles. The van der Waals surface area contributed by atoms with Gasteiger partial charge in [-0.25, -0.2) is 4.79 Å². The molecule has 26 heavy (non-hydrogen) atoms. The summed E-state index contributed by atoms with van der Waals surface area (Å²) in [4.78, 5) is 15.5. The maximum atomic E-state index is 12.8. The van der Waals surface area contributed by atoms with Gasteiger partial charge in [0.1, 0.15) is 4.90 Å². The molecule has 8 heteroatoms. The summed E-state index contributed by atoms with van der Waals surface area (Å²) in [5.74, 6) is -1.14. The molecule has 0 aromatic heterocycles. The Kier molecular flexibility index (Phi) is 4.71. The van der Waals surface area contributed by atoms with Gasteiger partial charge in [0.05, 0.1) is 5.41 Å². The predicted molar refractivity (Wildman–Crippen MR) is 94.7 cm³/mol. The quantitative estimate of drug-likeness (QED) is 0.335. The van der Waals surface area contributed by atoms with E-state index in [2.05, 4.69) is 10.0 Å². The second-order valence-electron chi connectivity index (χ2n) is 6.29. The molecular weight excluding hydrogens is 354 g/mol. The second-order valence-corrected chi connectivity index (χ2v) is 7.84. The summed E-state index contributed by atoms with van der Waals surface area (Å²) < 4.78 is 29.9. The van der Waals surface area contributed by atoms with Crippen molar-refractivity contribution in [3.63, 3.8) is 0 Å². The van der Waals surface area contributed by atoms with E-state index in [1.165, 1.54) is 12.1 Å². The van der Waals surface area contributed by atoms with E-state index in [0.717, 1.165) is 5.56 Å². The average Bonchev–Trinajstić information content (AvgIpc) is 3.36. The summed E-state index contributed by atoms with van der Waals surface area (Å²) in [7, 11) is -4.22. The Labute approximate surface area is 151 Å². The van der Waals surface area contributed by atoms with Crippen LogP contribution < -0.4 is 0 Å². The van der Waals surface area contributed by atoms with E-state index in [-0.39, 0.29) is 17.4 Å². The number of carbonyl (C=O) groups excluding carboxylic acids is 1. The highest BCUT2D eigenvalue weighted by atomic mass is 32.2. The van der Waals surface area contributed by atoms with E-state index in [1.54, 1.807) is 42.5 Å². The lowest BCUT2D eigenvalue weighted by atomic mass is 9.93. The molecule has 0 radical (unpaired) electrons. The number of hydrogen-bond donors (Lipinski definition) is 0.